The van der Waals surface area contributed by atoms with Crippen LogP contribution >= 0.6 is 11.6 Å². The Hall–Kier alpha value is -1.84. The lowest BCUT2D eigenvalue weighted by Gasteiger charge is -2.42. The van der Waals surface area contributed by atoms with Gasteiger partial charge in [0.05, 0.1) is 38.4 Å². The van der Waals surface area contributed by atoms with Crippen LogP contribution < -0.4 is 10.2 Å². The first-order valence-corrected chi connectivity index (χ1v) is 14.0. The van der Waals surface area contributed by atoms with Gasteiger partial charge in [0.1, 0.15) is 16.5 Å². The van der Waals surface area contributed by atoms with Crippen LogP contribution in [0, 0.1) is 11.8 Å². The minimum atomic E-state index is -1.09. The maximum Gasteiger partial charge on any atom is 0.227 e. The molecule has 4 fully saturated rings. The molecule has 3 saturated carbocycles. The summed E-state index contributed by atoms with van der Waals surface area (Å²) >= 11 is 6.02. The molecule has 5 aliphatic rings. The lowest BCUT2D eigenvalue weighted by molar-refractivity contribution is 0.143. The van der Waals surface area contributed by atoms with E-state index in [9.17, 15) is 9.32 Å². The van der Waals surface area contributed by atoms with Crippen molar-refractivity contribution in [2.75, 3.05) is 29.9 Å². The summed E-state index contributed by atoms with van der Waals surface area (Å²) in [5.74, 6) is 3.56. The van der Waals surface area contributed by atoms with Gasteiger partial charge < -0.3 is 15.3 Å². The molecule has 7 rings (SSSR count). The molecule has 2 aromatic rings. The molecule has 34 heavy (non-hydrogen) atoms. The first-order chi connectivity index (χ1) is 16.5. The van der Waals surface area contributed by atoms with Crippen LogP contribution in [-0.4, -0.2) is 59.2 Å². The third kappa shape index (κ3) is 3.23. The fraction of sp³-hybridized carbons (Fsp3) is 0.667. The predicted molar refractivity (Wildman–Crippen MR) is 130 cm³/mol. The average Bonchev–Trinajstić information content (AvgIpc) is 3.47. The summed E-state index contributed by atoms with van der Waals surface area (Å²) in [4.78, 5) is 22.2. The van der Waals surface area contributed by atoms with Gasteiger partial charge in [-0.1, -0.05) is 11.6 Å². The Morgan fingerprint density at radius 2 is 1.82 bits per heavy atom. The molecular weight excluding hydrogens is 472 g/mol. The number of hydrogen-bond donors (Lipinski definition) is 2. The minimum Gasteiger partial charge on any atom is -0.394 e. The van der Waals surface area contributed by atoms with E-state index in [0.717, 1.165) is 86.8 Å². The van der Waals surface area contributed by atoms with Crippen molar-refractivity contribution < 1.29 is 9.32 Å². The summed E-state index contributed by atoms with van der Waals surface area (Å²) < 4.78 is 13.3. The number of halogens is 1. The van der Waals surface area contributed by atoms with Crippen molar-refractivity contribution in [1.82, 2.24) is 19.9 Å². The lowest BCUT2D eigenvalue weighted by Crippen LogP contribution is -2.49. The van der Waals surface area contributed by atoms with E-state index >= 15 is 0 Å². The number of rotatable bonds is 5. The highest BCUT2D eigenvalue weighted by Crippen LogP contribution is 2.54. The average molecular weight is 501 g/mol. The first-order valence-electron chi connectivity index (χ1n) is 12.4. The maximum atomic E-state index is 13.4. The Labute approximate surface area is 206 Å². The number of nitrogens with zero attached hydrogens (tertiary/aromatic N) is 5. The molecule has 2 unspecified atom stereocenters. The molecule has 0 aromatic carbocycles. The van der Waals surface area contributed by atoms with Gasteiger partial charge in [-0.15, -0.1) is 0 Å². The molecule has 3 aliphatic carbocycles. The fourth-order valence-electron chi connectivity index (χ4n) is 6.59. The molecule has 8 nitrogen and oxygen atoms in total. The van der Waals surface area contributed by atoms with Gasteiger partial charge in [-0.05, 0) is 56.8 Å². The smallest absolute Gasteiger partial charge is 0.227 e. The number of piperidine rings is 1. The van der Waals surface area contributed by atoms with Gasteiger partial charge in [0.25, 0.3) is 0 Å². The van der Waals surface area contributed by atoms with Crippen molar-refractivity contribution in [3.05, 3.63) is 28.9 Å². The molecular formula is C24H29ClN6O2S. The molecule has 4 heterocycles. The van der Waals surface area contributed by atoms with Gasteiger partial charge in [0.15, 0.2) is 0 Å². The third-order valence-electron chi connectivity index (χ3n) is 8.85. The largest absolute Gasteiger partial charge is 0.394 e. The van der Waals surface area contributed by atoms with Gasteiger partial charge in [-0.2, -0.15) is 4.98 Å². The number of aliphatic hydroxyl groups is 1. The van der Waals surface area contributed by atoms with E-state index in [-0.39, 0.29) is 16.9 Å². The fourth-order valence-corrected chi connectivity index (χ4v) is 8.47. The number of anilines is 2. The second-order valence-electron chi connectivity index (χ2n) is 11.0. The van der Waals surface area contributed by atoms with E-state index in [1.54, 1.807) is 12.4 Å². The summed E-state index contributed by atoms with van der Waals surface area (Å²) in [5, 5.41) is 14.2. The summed E-state index contributed by atoms with van der Waals surface area (Å²) in [6.45, 7) is 1.80. The van der Waals surface area contributed by atoms with E-state index in [0.29, 0.717) is 28.6 Å². The Kier molecular flexibility index (Phi) is 4.78. The molecule has 1 saturated heterocycles. The van der Waals surface area contributed by atoms with Crippen molar-refractivity contribution in [1.29, 1.82) is 0 Å². The summed E-state index contributed by atoms with van der Waals surface area (Å²) in [5.41, 5.74) is 0.590. The lowest BCUT2D eigenvalue weighted by atomic mass is 9.77. The van der Waals surface area contributed by atoms with E-state index in [2.05, 4.69) is 20.2 Å². The van der Waals surface area contributed by atoms with Crippen LogP contribution in [0.4, 0.5) is 11.8 Å². The summed E-state index contributed by atoms with van der Waals surface area (Å²) in [6, 6.07) is 0. The Balaban J connectivity index is 1.21. The van der Waals surface area contributed by atoms with Crippen LogP contribution in [-0.2, 0) is 17.2 Å². The predicted octanol–water partition coefficient (Wildman–Crippen LogP) is 3.07. The number of nitrogens with one attached hydrogen (secondary N) is 1. The SMILES string of the molecule is O=[S@]1c2c(nc(N3CC4CCC(C3)C4c3ncc(Cl)cn3)nc2NC2(CO)CCC2)CC12CC2. The number of aromatic nitrogens is 4. The van der Waals surface area contributed by atoms with Crippen molar-refractivity contribution in [3.8, 4) is 0 Å². The molecule has 2 bridgehead atoms. The van der Waals surface area contributed by atoms with Gasteiger partial charge >= 0.3 is 0 Å². The van der Waals surface area contributed by atoms with Gasteiger partial charge in [-0.3, -0.25) is 4.21 Å². The second kappa shape index (κ2) is 7.58. The van der Waals surface area contributed by atoms with Crippen LogP contribution in [0.1, 0.15) is 62.4 Å². The third-order valence-corrected chi connectivity index (χ3v) is 11.2. The second-order valence-corrected chi connectivity index (χ2v) is 13.2. The Morgan fingerprint density at radius 3 is 2.41 bits per heavy atom. The summed E-state index contributed by atoms with van der Waals surface area (Å²) in [6.07, 6.45) is 11.4. The monoisotopic (exact) mass is 500 g/mol. The van der Waals surface area contributed by atoms with Crippen LogP contribution in [0.25, 0.3) is 0 Å². The number of hydrogen-bond acceptors (Lipinski definition) is 8. The highest BCUT2D eigenvalue weighted by molar-refractivity contribution is 7.87. The van der Waals surface area contributed by atoms with E-state index in [1.165, 1.54) is 0 Å². The van der Waals surface area contributed by atoms with Crippen LogP contribution in [0.2, 0.25) is 5.02 Å². The molecule has 0 radical (unpaired) electrons. The minimum absolute atomic E-state index is 0.0650. The van der Waals surface area contributed by atoms with Crippen molar-refractivity contribution in [2.24, 2.45) is 11.8 Å². The molecule has 0 amide bonds. The van der Waals surface area contributed by atoms with Crippen molar-refractivity contribution >= 4 is 34.2 Å². The van der Waals surface area contributed by atoms with E-state index < -0.39 is 10.8 Å². The van der Waals surface area contributed by atoms with E-state index in [4.69, 9.17) is 21.6 Å². The molecule has 2 N–H and O–H groups in total. The number of aliphatic hydroxyl groups excluding tert-OH is 1. The van der Waals surface area contributed by atoms with Gasteiger partial charge in [-0.25, -0.2) is 15.0 Å². The Morgan fingerprint density at radius 1 is 1.12 bits per heavy atom. The maximum absolute atomic E-state index is 13.4. The van der Waals surface area contributed by atoms with Crippen LogP contribution in [0.5, 0.6) is 0 Å². The van der Waals surface area contributed by atoms with Crippen molar-refractivity contribution in [2.45, 2.75) is 72.5 Å². The summed E-state index contributed by atoms with van der Waals surface area (Å²) in [7, 11) is -1.09. The molecule has 180 valence electrons. The molecule has 2 aliphatic heterocycles. The van der Waals surface area contributed by atoms with Crippen LogP contribution in [0.3, 0.4) is 0 Å². The quantitative estimate of drug-likeness (QED) is 0.645. The topological polar surface area (TPSA) is 104 Å². The molecule has 3 atom stereocenters. The molecule has 2 aromatic heterocycles. The van der Waals surface area contributed by atoms with E-state index in [1.807, 2.05) is 0 Å². The van der Waals surface area contributed by atoms with Gasteiger partial charge in [0, 0.05) is 37.8 Å². The number of fused-ring (bicyclic) bond motifs is 3. The molecule has 10 heteroatoms. The zero-order chi connectivity index (χ0) is 23.1. The zero-order valence-corrected chi connectivity index (χ0v) is 20.6. The van der Waals surface area contributed by atoms with Crippen molar-refractivity contribution in [3.63, 3.8) is 0 Å². The zero-order valence-electron chi connectivity index (χ0n) is 19.0. The normalized spacial score (nSPS) is 31.9. The highest BCUT2D eigenvalue weighted by Gasteiger charge is 2.56. The molecule has 1 spiro atoms. The highest BCUT2D eigenvalue weighted by atomic mass is 35.5. The Bertz CT molecular complexity index is 1150. The van der Waals surface area contributed by atoms with Crippen LogP contribution in [0.15, 0.2) is 17.3 Å². The first kappa shape index (κ1) is 21.4. The standard InChI is InChI=1S/C24H29ClN6O2S/c25-16-9-26-20(27-10-16)18-14-2-3-15(18)12-31(11-14)22-28-17-8-24(6-7-24)34(33)19(17)21(29-22)30-23(13-32)4-1-5-23/h9-10,14-15,18,32H,1-8,11-13H2,(H,28,29,30)/t14?,15?,18?,34-/m0/s1. The van der Waals surface area contributed by atoms with Gasteiger partial charge in [0.2, 0.25) is 5.95 Å².